The minimum absolute atomic E-state index is 0.0474. The highest BCUT2D eigenvalue weighted by Crippen LogP contribution is 2.28. The number of rotatable bonds is 2. The van der Waals surface area contributed by atoms with E-state index in [1.54, 1.807) is 18.2 Å². The molecule has 0 bridgehead atoms. The Morgan fingerprint density at radius 1 is 1.06 bits per heavy atom. The molecule has 2 nitrogen and oxygen atoms in total. The molecule has 2 aromatic rings. The summed E-state index contributed by atoms with van der Waals surface area (Å²) in [7, 11) is 0. The molecule has 0 radical (unpaired) electrons. The molecule has 0 unspecified atom stereocenters. The molecular formula is C13H7ClF2N2. The Hall–Kier alpha value is -2.12. The zero-order chi connectivity index (χ0) is 13.1. The van der Waals surface area contributed by atoms with Gasteiger partial charge in [-0.3, -0.25) is 0 Å². The maximum atomic E-state index is 13.5. The normalized spacial score (nSPS) is 9.89. The fourth-order valence-corrected chi connectivity index (χ4v) is 1.70. The van der Waals surface area contributed by atoms with Crippen molar-refractivity contribution in [3.05, 3.63) is 58.6 Å². The zero-order valence-electron chi connectivity index (χ0n) is 9.05. The molecule has 90 valence electrons. The van der Waals surface area contributed by atoms with Gasteiger partial charge in [-0.2, -0.15) is 5.26 Å². The third-order valence-electron chi connectivity index (χ3n) is 2.35. The van der Waals surface area contributed by atoms with Gasteiger partial charge in [0.2, 0.25) is 0 Å². The standard InChI is InChI=1S/C13H7ClF2N2/c14-9-3-1-5-11(8(9)7-17)18-12-6-2-4-10(15)13(12)16/h1-6,18H. The summed E-state index contributed by atoms with van der Waals surface area (Å²) in [5.41, 5.74) is 0.464. The van der Waals surface area contributed by atoms with Crippen molar-refractivity contribution in [2.45, 2.75) is 0 Å². The smallest absolute Gasteiger partial charge is 0.182 e. The van der Waals surface area contributed by atoms with Crippen LogP contribution in [0.15, 0.2) is 36.4 Å². The van der Waals surface area contributed by atoms with Gasteiger partial charge in [-0.1, -0.05) is 23.7 Å². The molecule has 5 heteroatoms. The largest absolute Gasteiger partial charge is 0.352 e. The van der Waals surface area contributed by atoms with E-state index in [-0.39, 0.29) is 16.3 Å². The van der Waals surface area contributed by atoms with Crippen LogP contribution in [0.2, 0.25) is 5.02 Å². The summed E-state index contributed by atoms with van der Waals surface area (Å²) in [6.07, 6.45) is 0. The first-order valence-corrected chi connectivity index (χ1v) is 5.41. The van der Waals surface area contributed by atoms with Crippen molar-refractivity contribution < 1.29 is 8.78 Å². The van der Waals surface area contributed by atoms with Crippen molar-refractivity contribution in [1.29, 1.82) is 5.26 Å². The van der Waals surface area contributed by atoms with E-state index >= 15 is 0 Å². The van der Waals surface area contributed by atoms with Crippen molar-refractivity contribution in [2.24, 2.45) is 0 Å². The Balaban J connectivity index is 2.44. The highest BCUT2D eigenvalue weighted by molar-refractivity contribution is 6.32. The van der Waals surface area contributed by atoms with Crippen LogP contribution in [0.3, 0.4) is 0 Å². The molecule has 0 aliphatic heterocycles. The highest BCUT2D eigenvalue weighted by Gasteiger charge is 2.11. The summed E-state index contributed by atoms with van der Waals surface area (Å²) in [4.78, 5) is 0. The van der Waals surface area contributed by atoms with Gasteiger partial charge in [0.1, 0.15) is 6.07 Å². The zero-order valence-corrected chi connectivity index (χ0v) is 9.80. The lowest BCUT2D eigenvalue weighted by Gasteiger charge is -2.10. The summed E-state index contributed by atoms with van der Waals surface area (Å²) < 4.78 is 26.5. The Morgan fingerprint density at radius 3 is 2.44 bits per heavy atom. The summed E-state index contributed by atoms with van der Waals surface area (Å²) in [6.45, 7) is 0. The van der Waals surface area contributed by atoms with Crippen LogP contribution in [-0.2, 0) is 0 Å². The quantitative estimate of drug-likeness (QED) is 0.881. The molecule has 0 aromatic heterocycles. The van der Waals surface area contributed by atoms with Crippen molar-refractivity contribution in [1.82, 2.24) is 0 Å². The fourth-order valence-electron chi connectivity index (χ4n) is 1.49. The van der Waals surface area contributed by atoms with Gasteiger partial charge in [0.05, 0.1) is 22.0 Å². The second kappa shape index (κ2) is 5.03. The first kappa shape index (κ1) is 12.3. The molecule has 0 aliphatic carbocycles. The van der Waals surface area contributed by atoms with Crippen molar-refractivity contribution in [3.8, 4) is 6.07 Å². The number of nitriles is 1. The molecule has 0 heterocycles. The lowest BCUT2D eigenvalue weighted by atomic mass is 10.2. The van der Waals surface area contributed by atoms with Crippen LogP contribution >= 0.6 is 11.6 Å². The summed E-state index contributed by atoms with van der Waals surface area (Å²) in [5, 5.41) is 11.9. The molecule has 0 spiro atoms. The number of halogens is 3. The first-order valence-electron chi connectivity index (χ1n) is 5.03. The predicted octanol–water partition coefficient (Wildman–Crippen LogP) is 4.23. The fraction of sp³-hybridized carbons (Fsp3) is 0. The Bertz CT molecular complexity index is 635. The number of hydrogen-bond acceptors (Lipinski definition) is 2. The van der Waals surface area contributed by atoms with E-state index in [0.29, 0.717) is 5.69 Å². The van der Waals surface area contributed by atoms with Crippen LogP contribution in [0.25, 0.3) is 0 Å². The van der Waals surface area contributed by atoms with Gasteiger partial charge >= 0.3 is 0 Å². The van der Waals surface area contributed by atoms with Crippen molar-refractivity contribution in [3.63, 3.8) is 0 Å². The van der Waals surface area contributed by atoms with E-state index in [0.717, 1.165) is 6.07 Å². The summed E-state index contributed by atoms with van der Waals surface area (Å²) in [6, 6.07) is 10.4. The van der Waals surface area contributed by atoms with E-state index in [4.69, 9.17) is 16.9 Å². The number of hydrogen-bond donors (Lipinski definition) is 1. The maximum Gasteiger partial charge on any atom is 0.182 e. The predicted molar refractivity (Wildman–Crippen MR) is 65.8 cm³/mol. The molecule has 0 aliphatic rings. The topological polar surface area (TPSA) is 35.8 Å². The number of nitrogens with one attached hydrogen (secondary N) is 1. The lowest BCUT2D eigenvalue weighted by molar-refractivity contribution is 0.512. The van der Waals surface area contributed by atoms with E-state index in [1.165, 1.54) is 12.1 Å². The number of benzene rings is 2. The molecule has 1 N–H and O–H groups in total. The van der Waals surface area contributed by atoms with Crippen LogP contribution in [0.1, 0.15) is 5.56 Å². The van der Waals surface area contributed by atoms with Gasteiger partial charge in [0, 0.05) is 0 Å². The molecule has 0 saturated carbocycles. The lowest BCUT2D eigenvalue weighted by Crippen LogP contribution is -1.98. The van der Waals surface area contributed by atoms with Crippen LogP contribution in [-0.4, -0.2) is 0 Å². The van der Waals surface area contributed by atoms with Gasteiger partial charge in [-0.05, 0) is 24.3 Å². The molecule has 0 atom stereocenters. The average molecular weight is 265 g/mol. The molecule has 0 amide bonds. The third kappa shape index (κ3) is 2.27. The summed E-state index contributed by atoms with van der Waals surface area (Å²) >= 11 is 5.84. The minimum Gasteiger partial charge on any atom is -0.352 e. The van der Waals surface area contributed by atoms with E-state index < -0.39 is 11.6 Å². The van der Waals surface area contributed by atoms with Crippen LogP contribution in [0.4, 0.5) is 20.2 Å². The molecule has 2 rings (SSSR count). The number of nitrogens with zero attached hydrogens (tertiary/aromatic N) is 1. The maximum absolute atomic E-state index is 13.5. The average Bonchev–Trinajstić information content (AvgIpc) is 2.35. The van der Waals surface area contributed by atoms with E-state index in [1.807, 2.05) is 6.07 Å². The highest BCUT2D eigenvalue weighted by atomic mass is 35.5. The SMILES string of the molecule is N#Cc1c(Cl)cccc1Nc1cccc(F)c1F. The third-order valence-corrected chi connectivity index (χ3v) is 2.66. The second-order valence-corrected chi connectivity index (χ2v) is 3.91. The van der Waals surface area contributed by atoms with Crippen LogP contribution in [0.5, 0.6) is 0 Å². The van der Waals surface area contributed by atoms with Gasteiger partial charge in [0.15, 0.2) is 11.6 Å². The molecule has 2 aromatic carbocycles. The molecule has 18 heavy (non-hydrogen) atoms. The minimum atomic E-state index is -0.999. The van der Waals surface area contributed by atoms with E-state index in [9.17, 15) is 8.78 Å². The van der Waals surface area contributed by atoms with Crippen LogP contribution < -0.4 is 5.32 Å². The summed E-state index contributed by atoms with van der Waals surface area (Å²) in [5.74, 6) is -1.96. The first-order chi connectivity index (χ1) is 8.63. The number of anilines is 2. The van der Waals surface area contributed by atoms with Gasteiger partial charge < -0.3 is 5.32 Å². The monoisotopic (exact) mass is 264 g/mol. The molecular weight excluding hydrogens is 258 g/mol. The van der Waals surface area contributed by atoms with Gasteiger partial charge in [-0.15, -0.1) is 0 Å². The van der Waals surface area contributed by atoms with E-state index in [2.05, 4.69) is 5.32 Å². The molecule has 0 fully saturated rings. The Kier molecular flexibility index (Phi) is 3.45. The van der Waals surface area contributed by atoms with Gasteiger partial charge in [-0.25, -0.2) is 8.78 Å². The van der Waals surface area contributed by atoms with Crippen molar-refractivity contribution in [2.75, 3.05) is 5.32 Å². The van der Waals surface area contributed by atoms with Crippen molar-refractivity contribution >= 4 is 23.0 Å². The Labute approximate surface area is 107 Å². The Morgan fingerprint density at radius 2 is 1.72 bits per heavy atom. The van der Waals surface area contributed by atoms with Crippen LogP contribution in [0, 0.1) is 23.0 Å². The second-order valence-electron chi connectivity index (χ2n) is 3.50. The van der Waals surface area contributed by atoms with Gasteiger partial charge in [0.25, 0.3) is 0 Å². The molecule has 0 saturated heterocycles.